The summed E-state index contributed by atoms with van der Waals surface area (Å²) in [5.74, 6) is 0.619. The molecule has 4 heteroatoms. The smallest absolute Gasteiger partial charge is 0.294 e. The number of imidazole rings is 1. The number of nitrogens with zero attached hydrogens (tertiary/aromatic N) is 1. The fourth-order valence-corrected chi connectivity index (χ4v) is 2.05. The van der Waals surface area contributed by atoms with E-state index in [0.29, 0.717) is 11.9 Å². The second-order valence-electron chi connectivity index (χ2n) is 4.23. The van der Waals surface area contributed by atoms with Crippen LogP contribution in [0.3, 0.4) is 0 Å². The summed E-state index contributed by atoms with van der Waals surface area (Å²) in [6, 6.07) is 8.59. The molecule has 0 radical (unpaired) electrons. The number of aromatic nitrogens is 2. The molecule has 2 aromatic rings. The Morgan fingerprint density at radius 3 is 3.12 bits per heavy atom. The molecule has 0 unspecified atom stereocenters. The molecule has 1 aromatic carbocycles. The van der Waals surface area contributed by atoms with Gasteiger partial charge in [-0.3, -0.25) is 0 Å². The van der Waals surface area contributed by atoms with Crippen LogP contribution in [0, 0.1) is 5.92 Å². The minimum atomic E-state index is 0.619. The molecule has 0 spiro atoms. The third kappa shape index (κ3) is 1.88. The van der Waals surface area contributed by atoms with Crippen LogP contribution in [-0.4, -0.2) is 29.7 Å². The molecule has 2 N–H and O–H groups in total. The second kappa shape index (κ2) is 4.14. The third-order valence-electron chi connectivity index (χ3n) is 2.99. The number of nitrogens with one attached hydrogen (secondary N) is 2. The van der Waals surface area contributed by atoms with E-state index in [-0.39, 0.29) is 0 Å². The number of fused-ring (bicyclic) bond motifs is 1. The van der Waals surface area contributed by atoms with Gasteiger partial charge in [-0.1, -0.05) is 12.1 Å². The van der Waals surface area contributed by atoms with Gasteiger partial charge in [-0.15, -0.1) is 0 Å². The molecule has 0 aliphatic carbocycles. The molecular formula is C12H15N3O. The molecule has 1 aliphatic heterocycles. The number of hydrogen-bond acceptors (Lipinski definition) is 3. The highest BCUT2D eigenvalue weighted by molar-refractivity contribution is 5.75. The van der Waals surface area contributed by atoms with Crippen LogP contribution in [0.25, 0.3) is 11.0 Å². The van der Waals surface area contributed by atoms with Gasteiger partial charge in [0.05, 0.1) is 17.6 Å². The van der Waals surface area contributed by atoms with Crippen molar-refractivity contribution >= 4 is 11.0 Å². The van der Waals surface area contributed by atoms with Gasteiger partial charge in [0.2, 0.25) is 0 Å². The van der Waals surface area contributed by atoms with Crippen LogP contribution in [0.2, 0.25) is 0 Å². The summed E-state index contributed by atoms with van der Waals surface area (Å²) in [4.78, 5) is 7.54. The van der Waals surface area contributed by atoms with Crippen LogP contribution in [-0.2, 0) is 0 Å². The first kappa shape index (κ1) is 9.66. The van der Waals surface area contributed by atoms with Gasteiger partial charge in [0, 0.05) is 12.5 Å². The summed E-state index contributed by atoms with van der Waals surface area (Å²) in [5, 5.41) is 3.32. The number of hydrogen-bond donors (Lipinski definition) is 2. The van der Waals surface area contributed by atoms with Gasteiger partial charge in [0.15, 0.2) is 0 Å². The standard InChI is InChI=1S/C12H15N3O/c1-2-4-11-10(3-1)14-12(15-11)16-8-9-5-6-13-7-9/h1-4,9,13H,5-8H2,(H,14,15)/t9-/m0/s1. The van der Waals surface area contributed by atoms with E-state index in [1.807, 2.05) is 24.3 Å². The Hall–Kier alpha value is -1.55. The largest absolute Gasteiger partial charge is 0.464 e. The maximum Gasteiger partial charge on any atom is 0.294 e. The van der Waals surface area contributed by atoms with E-state index in [1.54, 1.807) is 0 Å². The zero-order valence-electron chi connectivity index (χ0n) is 9.07. The van der Waals surface area contributed by atoms with Gasteiger partial charge in [0.1, 0.15) is 0 Å². The Kier molecular flexibility index (Phi) is 2.50. The van der Waals surface area contributed by atoms with E-state index < -0.39 is 0 Å². The van der Waals surface area contributed by atoms with Crippen molar-refractivity contribution in [3.63, 3.8) is 0 Å². The maximum atomic E-state index is 5.67. The predicted molar refractivity (Wildman–Crippen MR) is 62.6 cm³/mol. The average Bonchev–Trinajstić information content (AvgIpc) is 2.95. The van der Waals surface area contributed by atoms with Gasteiger partial charge >= 0.3 is 0 Å². The van der Waals surface area contributed by atoms with Gasteiger partial charge in [-0.25, -0.2) is 0 Å². The van der Waals surface area contributed by atoms with E-state index in [1.165, 1.54) is 6.42 Å². The Morgan fingerprint density at radius 2 is 2.31 bits per heavy atom. The van der Waals surface area contributed by atoms with E-state index in [4.69, 9.17) is 4.74 Å². The van der Waals surface area contributed by atoms with E-state index in [9.17, 15) is 0 Å². The molecule has 0 amide bonds. The summed E-state index contributed by atoms with van der Waals surface area (Å²) in [6.45, 7) is 2.90. The van der Waals surface area contributed by atoms with Gasteiger partial charge in [0.25, 0.3) is 6.01 Å². The first-order valence-electron chi connectivity index (χ1n) is 5.70. The van der Waals surface area contributed by atoms with Crippen LogP contribution in [0.1, 0.15) is 6.42 Å². The van der Waals surface area contributed by atoms with Crippen molar-refractivity contribution in [2.45, 2.75) is 6.42 Å². The summed E-state index contributed by atoms with van der Waals surface area (Å²) in [5.41, 5.74) is 1.99. The van der Waals surface area contributed by atoms with Crippen molar-refractivity contribution in [2.24, 2.45) is 5.92 Å². The van der Waals surface area contributed by atoms with E-state index >= 15 is 0 Å². The number of aromatic amines is 1. The van der Waals surface area contributed by atoms with E-state index in [0.717, 1.165) is 30.7 Å². The summed E-state index contributed by atoms with van der Waals surface area (Å²) < 4.78 is 5.67. The zero-order chi connectivity index (χ0) is 10.8. The van der Waals surface area contributed by atoms with Gasteiger partial charge in [-0.05, 0) is 25.1 Å². The Morgan fingerprint density at radius 1 is 1.38 bits per heavy atom. The lowest BCUT2D eigenvalue weighted by Gasteiger charge is -2.07. The van der Waals surface area contributed by atoms with E-state index in [2.05, 4.69) is 15.3 Å². The first-order chi connectivity index (χ1) is 7.92. The van der Waals surface area contributed by atoms with Crippen LogP contribution in [0.4, 0.5) is 0 Å². The van der Waals surface area contributed by atoms with Crippen LogP contribution >= 0.6 is 0 Å². The first-order valence-corrected chi connectivity index (χ1v) is 5.70. The number of H-pyrrole nitrogens is 1. The average molecular weight is 217 g/mol. The highest BCUT2D eigenvalue weighted by Crippen LogP contribution is 2.16. The normalized spacial score (nSPS) is 20.4. The monoisotopic (exact) mass is 217 g/mol. The van der Waals surface area contributed by atoms with Crippen molar-refractivity contribution in [2.75, 3.05) is 19.7 Å². The van der Waals surface area contributed by atoms with Crippen LogP contribution < -0.4 is 10.1 Å². The SMILES string of the molecule is c1ccc2[nH]c(OC[C@H]3CCNC3)nc2c1. The number of rotatable bonds is 3. The summed E-state index contributed by atoms with van der Waals surface area (Å²) in [7, 11) is 0. The van der Waals surface area contributed by atoms with Crippen LogP contribution in [0.15, 0.2) is 24.3 Å². The molecule has 16 heavy (non-hydrogen) atoms. The molecule has 2 heterocycles. The fraction of sp³-hybridized carbons (Fsp3) is 0.417. The fourth-order valence-electron chi connectivity index (χ4n) is 2.05. The van der Waals surface area contributed by atoms with Gasteiger partial charge < -0.3 is 15.0 Å². The summed E-state index contributed by atoms with van der Waals surface area (Å²) in [6.07, 6.45) is 1.19. The molecule has 4 nitrogen and oxygen atoms in total. The summed E-state index contributed by atoms with van der Waals surface area (Å²) >= 11 is 0. The van der Waals surface area contributed by atoms with Crippen molar-refractivity contribution in [3.8, 4) is 6.01 Å². The second-order valence-corrected chi connectivity index (χ2v) is 4.23. The topological polar surface area (TPSA) is 49.9 Å². The Balaban J connectivity index is 1.69. The lowest BCUT2D eigenvalue weighted by molar-refractivity contribution is 0.244. The van der Waals surface area contributed by atoms with Crippen molar-refractivity contribution < 1.29 is 4.74 Å². The van der Waals surface area contributed by atoms with Crippen molar-refractivity contribution in [1.29, 1.82) is 0 Å². The third-order valence-corrected chi connectivity index (χ3v) is 2.99. The van der Waals surface area contributed by atoms with Crippen LogP contribution in [0.5, 0.6) is 6.01 Å². The van der Waals surface area contributed by atoms with Crippen molar-refractivity contribution in [3.05, 3.63) is 24.3 Å². The number of para-hydroxylation sites is 2. The van der Waals surface area contributed by atoms with Gasteiger partial charge in [-0.2, -0.15) is 4.98 Å². The molecule has 0 saturated carbocycles. The molecule has 1 aromatic heterocycles. The highest BCUT2D eigenvalue weighted by Gasteiger charge is 2.15. The minimum absolute atomic E-state index is 0.619. The minimum Gasteiger partial charge on any atom is -0.464 e. The highest BCUT2D eigenvalue weighted by atomic mass is 16.5. The lowest BCUT2D eigenvalue weighted by atomic mass is 10.1. The number of ether oxygens (including phenoxy) is 1. The van der Waals surface area contributed by atoms with Crippen molar-refractivity contribution in [1.82, 2.24) is 15.3 Å². The Labute approximate surface area is 94.0 Å². The zero-order valence-corrected chi connectivity index (χ0v) is 9.07. The molecule has 1 aliphatic rings. The quantitative estimate of drug-likeness (QED) is 0.820. The molecule has 3 rings (SSSR count). The number of benzene rings is 1. The predicted octanol–water partition coefficient (Wildman–Crippen LogP) is 1.55. The molecule has 0 bridgehead atoms. The Bertz CT molecular complexity index is 441. The molecule has 1 atom stereocenters. The molecular weight excluding hydrogens is 202 g/mol. The lowest BCUT2D eigenvalue weighted by Crippen LogP contribution is -2.15. The molecule has 1 saturated heterocycles. The maximum absolute atomic E-state index is 5.67. The molecule has 1 fully saturated rings. The molecule has 84 valence electrons.